The molecule has 0 spiro atoms. The fourth-order valence-electron chi connectivity index (χ4n) is 0.959. The highest BCUT2D eigenvalue weighted by atomic mass is 79.9. The van der Waals surface area contributed by atoms with Gasteiger partial charge in [0.15, 0.2) is 0 Å². The average Bonchev–Trinajstić information content (AvgIpc) is 2.17. The van der Waals surface area contributed by atoms with Gasteiger partial charge in [-0.1, -0.05) is 22.4 Å². The van der Waals surface area contributed by atoms with Crippen LogP contribution in [0.4, 0.5) is 0 Å². The van der Waals surface area contributed by atoms with Gasteiger partial charge in [0.1, 0.15) is 6.10 Å². The molecule has 88 valence electrons. The molecule has 0 bridgehead atoms. The molecule has 0 heterocycles. The molecule has 15 heavy (non-hydrogen) atoms. The van der Waals surface area contributed by atoms with Gasteiger partial charge in [0.2, 0.25) is 11.0 Å². The maximum Gasteiger partial charge on any atom is 0.223 e. The number of carbonyl (C=O) groups excluding carboxylic acids is 2. The largest absolute Gasteiger partial charge is 0.384 e. The number of rotatable bonds is 8. The highest BCUT2D eigenvalue weighted by Gasteiger charge is 2.14. The number of amides is 1. The zero-order valence-electron chi connectivity index (χ0n) is 8.41. The molecule has 0 radical (unpaired) electrons. The summed E-state index contributed by atoms with van der Waals surface area (Å²) in [4.78, 5) is 21.6. The van der Waals surface area contributed by atoms with Gasteiger partial charge >= 0.3 is 0 Å². The van der Waals surface area contributed by atoms with E-state index in [1.807, 2.05) is 0 Å². The van der Waals surface area contributed by atoms with Crippen molar-refractivity contribution in [1.82, 2.24) is 5.32 Å². The molecule has 0 aromatic carbocycles. The van der Waals surface area contributed by atoms with E-state index >= 15 is 0 Å². The van der Waals surface area contributed by atoms with E-state index in [-0.39, 0.29) is 12.3 Å². The SMILES string of the molecule is O=C(C[C@H](O)C(=O)S)NCCCCCBr. The van der Waals surface area contributed by atoms with Crippen molar-refractivity contribution in [3.8, 4) is 0 Å². The van der Waals surface area contributed by atoms with Crippen LogP contribution in [0.25, 0.3) is 0 Å². The lowest BCUT2D eigenvalue weighted by molar-refractivity contribution is -0.128. The molecule has 0 aliphatic heterocycles. The van der Waals surface area contributed by atoms with Crippen LogP contribution in [-0.2, 0) is 9.59 Å². The molecular weight excluding hydrogens is 282 g/mol. The molecule has 0 aliphatic rings. The van der Waals surface area contributed by atoms with E-state index in [0.29, 0.717) is 6.54 Å². The number of alkyl halides is 1. The summed E-state index contributed by atoms with van der Waals surface area (Å²) >= 11 is 6.74. The fourth-order valence-corrected chi connectivity index (χ4v) is 1.45. The van der Waals surface area contributed by atoms with Crippen LogP contribution in [0.5, 0.6) is 0 Å². The number of unbranched alkanes of at least 4 members (excludes halogenated alkanes) is 2. The minimum Gasteiger partial charge on any atom is -0.384 e. The smallest absolute Gasteiger partial charge is 0.223 e. The number of aliphatic hydroxyl groups excluding tert-OH is 1. The molecule has 2 N–H and O–H groups in total. The molecule has 0 fully saturated rings. The van der Waals surface area contributed by atoms with E-state index < -0.39 is 11.2 Å². The Morgan fingerprint density at radius 2 is 2.00 bits per heavy atom. The van der Waals surface area contributed by atoms with Crippen LogP contribution in [0.3, 0.4) is 0 Å². The molecule has 0 rings (SSSR count). The Labute approximate surface area is 103 Å². The predicted molar refractivity (Wildman–Crippen MR) is 65.3 cm³/mol. The lowest BCUT2D eigenvalue weighted by atomic mass is 10.2. The number of halogens is 1. The number of hydrogen-bond donors (Lipinski definition) is 3. The van der Waals surface area contributed by atoms with Crippen LogP contribution >= 0.6 is 28.6 Å². The van der Waals surface area contributed by atoms with Gasteiger partial charge in [-0.3, -0.25) is 9.59 Å². The van der Waals surface area contributed by atoms with E-state index in [9.17, 15) is 9.59 Å². The molecule has 0 saturated carbocycles. The molecule has 0 unspecified atom stereocenters. The number of nitrogens with one attached hydrogen (secondary N) is 1. The van der Waals surface area contributed by atoms with Crippen LogP contribution in [0, 0.1) is 0 Å². The topological polar surface area (TPSA) is 66.4 Å². The van der Waals surface area contributed by atoms with Gasteiger partial charge in [0.05, 0.1) is 6.42 Å². The Balaban J connectivity index is 3.45. The van der Waals surface area contributed by atoms with Gasteiger partial charge in [0, 0.05) is 11.9 Å². The van der Waals surface area contributed by atoms with E-state index in [0.717, 1.165) is 24.6 Å². The number of hydrogen-bond acceptors (Lipinski definition) is 3. The molecule has 0 saturated heterocycles. The van der Waals surface area contributed by atoms with Crippen molar-refractivity contribution in [3.05, 3.63) is 0 Å². The second-order valence-corrected chi connectivity index (χ2v) is 4.39. The molecule has 0 aliphatic carbocycles. The summed E-state index contributed by atoms with van der Waals surface area (Å²) < 4.78 is 0. The second kappa shape index (κ2) is 9.18. The monoisotopic (exact) mass is 297 g/mol. The summed E-state index contributed by atoms with van der Waals surface area (Å²) in [6.45, 7) is 0.583. The first kappa shape index (κ1) is 14.9. The Kier molecular flexibility index (Phi) is 9.13. The zero-order chi connectivity index (χ0) is 11.7. The van der Waals surface area contributed by atoms with Gasteiger partial charge in [-0.05, 0) is 12.8 Å². The molecular formula is C9H16BrNO3S. The van der Waals surface area contributed by atoms with E-state index in [4.69, 9.17) is 5.11 Å². The molecule has 4 nitrogen and oxygen atoms in total. The van der Waals surface area contributed by atoms with Crippen molar-refractivity contribution in [2.75, 3.05) is 11.9 Å². The number of aliphatic hydroxyl groups is 1. The quantitative estimate of drug-likeness (QED) is 0.354. The minimum absolute atomic E-state index is 0.208. The maximum absolute atomic E-state index is 11.1. The molecule has 1 atom stereocenters. The average molecular weight is 298 g/mol. The minimum atomic E-state index is -1.30. The number of carbonyl (C=O) groups is 2. The summed E-state index contributed by atoms with van der Waals surface area (Å²) in [6.07, 6.45) is 1.52. The van der Waals surface area contributed by atoms with Crippen LogP contribution in [0.15, 0.2) is 0 Å². The van der Waals surface area contributed by atoms with Crippen molar-refractivity contribution >= 4 is 39.6 Å². The Morgan fingerprint density at radius 1 is 1.33 bits per heavy atom. The standard InChI is InChI=1S/C9H16BrNO3S/c10-4-2-1-3-5-11-8(13)6-7(12)9(14)15/h7,12H,1-6H2,(H,11,13)(H,14,15)/t7-/m0/s1. The van der Waals surface area contributed by atoms with E-state index in [2.05, 4.69) is 33.9 Å². The van der Waals surface area contributed by atoms with Crippen molar-refractivity contribution in [2.45, 2.75) is 31.8 Å². The lowest BCUT2D eigenvalue weighted by Gasteiger charge is -2.07. The summed E-state index contributed by atoms with van der Waals surface area (Å²) in [7, 11) is 0. The third-order valence-electron chi connectivity index (χ3n) is 1.80. The van der Waals surface area contributed by atoms with Crippen molar-refractivity contribution in [1.29, 1.82) is 0 Å². The van der Waals surface area contributed by atoms with Crippen LogP contribution in [0.2, 0.25) is 0 Å². The summed E-state index contributed by atoms with van der Waals surface area (Å²) in [6, 6.07) is 0. The summed E-state index contributed by atoms with van der Waals surface area (Å²) in [5, 5.41) is 12.0. The zero-order valence-corrected chi connectivity index (χ0v) is 10.9. The van der Waals surface area contributed by atoms with Gasteiger partial charge in [-0.2, -0.15) is 0 Å². The summed E-state index contributed by atoms with van der Waals surface area (Å²) in [5.41, 5.74) is 0. The van der Waals surface area contributed by atoms with E-state index in [1.54, 1.807) is 0 Å². The Hall–Kier alpha value is -0.0700. The first-order valence-corrected chi connectivity index (χ1v) is 6.38. The maximum atomic E-state index is 11.1. The Bertz CT molecular complexity index is 214. The number of thiol groups is 1. The van der Waals surface area contributed by atoms with Crippen LogP contribution in [0.1, 0.15) is 25.7 Å². The first-order valence-electron chi connectivity index (χ1n) is 4.81. The Morgan fingerprint density at radius 3 is 2.53 bits per heavy atom. The predicted octanol–water partition coefficient (Wildman–Crippen LogP) is 0.875. The van der Waals surface area contributed by atoms with Gasteiger partial charge < -0.3 is 10.4 Å². The molecule has 1 amide bonds. The van der Waals surface area contributed by atoms with Crippen LogP contribution in [-0.4, -0.2) is 34.1 Å². The second-order valence-electron chi connectivity index (χ2n) is 3.16. The molecule has 6 heteroatoms. The third-order valence-corrected chi connectivity index (χ3v) is 2.66. The fraction of sp³-hybridized carbons (Fsp3) is 0.778. The van der Waals surface area contributed by atoms with Gasteiger partial charge in [-0.15, -0.1) is 12.6 Å². The van der Waals surface area contributed by atoms with Crippen molar-refractivity contribution in [3.63, 3.8) is 0 Å². The first-order chi connectivity index (χ1) is 7.07. The summed E-state index contributed by atoms with van der Waals surface area (Å²) in [5.74, 6) is -0.316. The van der Waals surface area contributed by atoms with Crippen LogP contribution < -0.4 is 5.32 Å². The van der Waals surface area contributed by atoms with Crippen molar-refractivity contribution < 1.29 is 14.7 Å². The molecule has 0 aromatic rings. The van der Waals surface area contributed by atoms with Gasteiger partial charge in [-0.25, -0.2) is 0 Å². The van der Waals surface area contributed by atoms with Crippen molar-refractivity contribution in [2.24, 2.45) is 0 Å². The lowest BCUT2D eigenvalue weighted by Crippen LogP contribution is -2.30. The third kappa shape index (κ3) is 8.89. The highest BCUT2D eigenvalue weighted by molar-refractivity contribution is 9.09. The van der Waals surface area contributed by atoms with E-state index in [1.165, 1.54) is 0 Å². The highest BCUT2D eigenvalue weighted by Crippen LogP contribution is 1.99. The molecule has 0 aromatic heterocycles. The van der Waals surface area contributed by atoms with Gasteiger partial charge in [0.25, 0.3) is 0 Å². The normalized spacial score (nSPS) is 12.2.